The molecular formula is C13H28N2. The minimum atomic E-state index is 0.379. The molecule has 0 aromatic carbocycles. The zero-order chi connectivity index (χ0) is 11.6. The van der Waals surface area contributed by atoms with Crippen molar-refractivity contribution in [1.29, 1.82) is 0 Å². The standard InChI is InChI=1S/C13H28N2/c1-10(2)12-9-14-7-8-15(12)11(3)13(4,5)6/h10-12,14H,7-9H2,1-6H3. The highest BCUT2D eigenvalue weighted by Crippen LogP contribution is 2.28. The Hall–Kier alpha value is -0.0800. The van der Waals surface area contributed by atoms with Crippen molar-refractivity contribution in [2.24, 2.45) is 11.3 Å². The van der Waals surface area contributed by atoms with Gasteiger partial charge in [-0.1, -0.05) is 34.6 Å². The minimum Gasteiger partial charge on any atom is -0.314 e. The molecule has 1 aliphatic rings. The molecule has 15 heavy (non-hydrogen) atoms. The molecule has 2 heteroatoms. The van der Waals surface area contributed by atoms with Gasteiger partial charge in [-0.15, -0.1) is 0 Å². The van der Waals surface area contributed by atoms with Gasteiger partial charge in [-0.3, -0.25) is 4.90 Å². The van der Waals surface area contributed by atoms with Gasteiger partial charge < -0.3 is 5.32 Å². The molecule has 0 radical (unpaired) electrons. The SMILES string of the molecule is CC(C)C1CNCCN1C(C)C(C)(C)C. The zero-order valence-corrected chi connectivity index (χ0v) is 11.3. The van der Waals surface area contributed by atoms with Crippen LogP contribution >= 0.6 is 0 Å². The first-order valence-electron chi connectivity index (χ1n) is 6.30. The second kappa shape index (κ2) is 4.84. The van der Waals surface area contributed by atoms with Gasteiger partial charge in [0, 0.05) is 31.7 Å². The van der Waals surface area contributed by atoms with Gasteiger partial charge in [0.05, 0.1) is 0 Å². The summed E-state index contributed by atoms with van der Waals surface area (Å²) in [7, 11) is 0. The van der Waals surface area contributed by atoms with E-state index in [1.165, 1.54) is 6.54 Å². The molecule has 0 aromatic rings. The molecule has 2 nitrogen and oxygen atoms in total. The molecule has 1 rings (SSSR count). The first-order chi connectivity index (χ1) is 6.84. The summed E-state index contributed by atoms with van der Waals surface area (Å²) in [4.78, 5) is 2.70. The first kappa shape index (κ1) is 13.0. The lowest BCUT2D eigenvalue weighted by Crippen LogP contribution is -2.59. The summed E-state index contributed by atoms with van der Waals surface area (Å²) in [5, 5.41) is 3.51. The van der Waals surface area contributed by atoms with Crippen molar-refractivity contribution in [2.45, 2.75) is 53.6 Å². The highest BCUT2D eigenvalue weighted by Gasteiger charge is 2.33. The summed E-state index contributed by atoms with van der Waals surface area (Å²) in [5.74, 6) is 0.739. The summed E-state index contributed by atoms with van der Waals surface area (Å²) < 4.78 is 0. The van der Waals surface area contributed by atoms with E-state index in [1.54, 1.807) is 0 Å². The second-order valence-corrected chi connectivity index (χ2v) is 6.30. The van der Waals surface area contributed by atoms with Crippen LogP contribution in [0.2, 0.25) is 0 Å². The lowest BCUT2D eigenvalue weighted by Gasteiger charge is -2.46. The van der Waals surface area contributed by atoms with Crippen LogP contribution in [0.1, 0.15) is 41.5 Å². The Balaban J connectivity index is 2.72. The van der Waals surface area contributed by atoms with Crippen LogP contribution in [0.25, 0.3) is 0 Å². The molecule has 0 amide bonds. The molecule has 1 heterocycles. The molecule has 2 atom stereocenters. The molecule has 0 aliphatic carbocycles. The molecule has 1 aliphatic heterocycles. The molecule has 1 fully saturated rings. The van der Waals surface area contributed by atoms with Gasteiger partial charge in [-0.25, -0.2) is 0 Å². The summed E-state index contributed by atoms with van der Waals surface area (Å²) in [6, 6.07) is 1.36. The van der Waals surface area contributed by atoms with Crippen molar-refractivity contribution in [2.75, 3.05) is 19.6 Å². The van der Waals surface area contributed by atoms with E-state index in [4.69, 9.17) is 0 Å². The number of hydrogen-bond acceptors (Lipinski definition) is 2. The molecule has 0 saturated carbocycles. The lowest BCUT2D eigenvalue weighted by molar-refractivity contribution is 0.0325. The first-order valence-corrected chi connectivity index (χ1v) is 6.30. The maximum atomic E-state index is 3.51. The number of piperazine rings is 1. The number of nitrogens with one attached hydrogen (secondary N) is 1. The average molecular weight is 212 g/mol. The van der Waals surface area contributed by atoms with Crippen LogP contribution in [-0.2, 0) is 0 Å². The lowest BCUT2D eigenvalue weighted by atomic mass is 9.84. The Kier molecular flexibility index (Phi) is 4.19. The summed E-state index contributed by atoms with van der Waals surface area (Å²) in [6.45, 7) is 17.6. The molecule has 0 aromatic heterocycles. The fourth-order valence-corrected chi connectivity index (χ4v) is 2.34. The number of nitrogens with zero attached hydrogens (tertiary/aromatic N) is 1. The van der Waals surface area contributed by atoms with Crippen LogP contribution in [0.4, 0.5) is 0 Å². The third-order valence-electron chi connectivity index (χ3n) is 3.85. The minimum absolute atomic E-state index is 0.379. The van der Waals surface area contributed by atoms with Crippen LogP contribution in [0.3, 0.4) is 0 Å². The van der Waals surface area contributed by atoms with Crippen molar-refractivity contribution < 1.29 is 0 Å². The maximum absolute atomic E-state index is 3.51. The van der Waals surface area contributed by atoms with E-state index in [0.717, 1.165) is 19.0 Å². The van der Waals surface area contributed by atoms with Gasteiger partial charge in [-0.05, 0) is 18.3 Å². The Morgan fingerprint density at radius 3 is 2.27 bits per heavy atom. The molecule has 90 valence electrons. The van der Waals surface area contributed by atoms with Gasteiger partial charge in [-0.2, -0.15) is 0 Å². The predicted molar refractivity (Wildman–Crippen MR) is 67.1 cm³/mol. The highest BCUT2D eigenvalue weighted by atomic mass is 15.2. The highest BCUT2D eigenvalue weighted by molar-refractivity contribution is 4.89. The van der Waals surface area contributed by atoms with Crippen LogP contribution in [0.15, 0.2) is 0 Å². The van der Waals surface area contributed by atoms with Crippen LogP contribution in [0.5, 0.6) is 0 Å². The van der Waals surface area contributed by atoms with E-state index in [2.05, 4.69) is 51.8 Å². The van der Waals surface area contributed by atoms with E-state index in [0.29, 0.717) is 17.5 Å². The quantitative estimate of drug-likeness (QED) is 0.756. The van der Waals surface area contributed by atoms with Gasteiger partial charge in [0.15, 0.2) is 0 Å². The maximum Gasteiger partial charge on any atom is 0.0247 e. The Labute approximate surface area is 95.4 Å². The Morgan fingerprint density at radius 1 is 1.20 bits per heavy atom. The van der Waals surface area contributed by atoms with Gasteiger partial charge >= 0.3 is 0 Å². The predicted octanol–water partition coefficient (Wildman–Crippen LogP) is 2.35. The van der Waals surface area contributed by atoms with Gasteiger partial charge in [0.2, 0.25) is 0 Å². The molecule has 2 unspecified atom stereocenters. The molecule has 0 bridgehead atoms. The van der Waals surface area contributed by atoms with Crippen LogP contribution < -0.4 is 5.32 Å². The van der Waals surface area contributed by atoms with E-state index in [1.807, 2.05) is 0 Å². The van der Waals surface area contributed by atoms with Crippen LogP contribution in [0, 0.1) is 11.3 Å². The average Bonchev–Trinajstić information content (AvgIpc) is 2.15. The van der Waals surface area contributed by atoms with Crippen molar-refractivity contribution in [3.05, 3.63) is 0 Å². The van der Waals surface area contributed by atoms with Crippen LogP contribution in [-0.4, -0.2) is 36.6 Å². The number of rotatable bonds is 2. The summed E-state index contributed by atoms with van der Waals surface area (Å²) in [5.41, 5.74) is 0.379. The molecular weight excluding hydrogens is 184 g/mol. The third kappa shape index (κ3) is 3.18. The topological polar surface area (TPSA) is 15.3 Å². The van der Waals surface area contributed by atoms with Gasteiger partial charge in [0.1, 0.15) is 0 Å². The van der Waals surface area contributed by atoms with Crippen molar-refractivity contribution in [3.8, 4) is 0 Å². The Morgan fingerprint density at radius 2 is 1.80 bits per heavy atom. The third-order valence-corrected chi connectivity index (χ3v) is 3.85. The fourth-order valence-electron chi connectivity index (χ4n) is 2.34. The van der Waals surface area contributed by atoms with E-state index >= 15 is 0 Å². The number of hydrogen-bond donors (Lipinski definition) is 1. The van der Waals surface area contributed by atoms with Crippen molar-refractivity contribution >= 4 is 0 Å². The van der Waals surface area contributed by atoms with E-state index in [-0.39, 0.29) is 0 Å². The fraction of sp³-hybridized carbons (Fsp3) is 1.00. The van der Waals surface area contributed by atoms with Gasteiger partial charge in [0.25, 0.3) is 0 Å². The summed E-state index contributed by atoms with van der Waals surface area (Å²) >= 11 is 0. The largest absolute Gasteiger partial charge is 0.314 e. The van der Waals surface area contributed by atoms with Crippen molar-refractivity contribution in [1.82, 2.24) is 10.2 Å². The Bertz CT molecular complexity index is 191. The van der Waals surface area contributed by atoms with E-state index in [9.17, 15) is 0 Å². The smallest absolute Gasteiger partial charge is 0.0247 e. The normalized spacial score (nSPS) is 27.0. The molecule has 1 saturated heterocycles. The molecule has 0 spiro atoms. The monoisotopic (exact) mass is 212 g/mol. The van der Waals surface area contributed by atoms with Crippen molar-refractivity contribution in [3.63, 3.8) is 0 Å². The second-order valence-electron chi connectivity index (χ2n) is 6.30. The molecule has 1 N–H and O–H groups in total. The zero-order valence-electron chi connectivity index (χ0n) is 11.3. The van der Waals surface area contributed by atoms with E-state index < -0.39 is 0 Å². The summed E-state index contributed by atoms with van der Waals surface area (Å²) in [6.07, 6.45) is 0.